The summed E-state index contributed by atoms with van der Waals surface area (Å²) in [4.78, 5) is 0. The molecule has 0 aliphatic heterocycles. The predicted octanol–water partition coefficient (Wildman–Crippen LogP) is 3.43. The number of aliphatic hydroxyl groups is 1. The Hall–Kier alpha value is -1.54. The first-order valence-electron chi connectivity index (χ1n) is 6.04. The van der Waals surface area contributed by atoms with Crippen LogP contribution in [0.25, 0.3) is 0 Å². The zero-order chi connectivity index (χ0) is 11.8. The van der Waals surface area contributed by atoms with Gasteiger partial charge in [0.05, 0.1) is 6.26 Å². The Labute approximate surface area is 101 Å². The van der Waals surface area contributed by atoms with Crippen LogP contribution in [-0.4, -0.2) is 5.11 Å². The van der Waals surface area contributed by atoms with Crippen LogP contribution in [0, 0.1) is 12.8 Å². The van der Waals surface area contributed by atoms with E-state index in [9.17, 15) is 5.11 Å². The molecule has 1 aromatic heterocycles. The Balaban J connectivity index is 1.75. The van der Waals surface area contributed by atoms with Crippen LogP contribution < -0.4 is 0 Å². The molecule has 1 fully saturated rings. The average molecular weight is 228 g/mol. The molecule has 1 aliphatic rings. The van der Waals surface area contributed by atoms with Crippen LogP contribution in [0.15, 0.2) is 47.1 Å². The molecule has 3 atom stereocenters. The maximum absolute atomic E-state index is 10.3. The molecule has 0 saturated heterocycles. The SMILES string of the molecule is Cc1ccoc1C(O)C1CC1c1ccccc1. The summed E-state index contributed by atoms with van der Waals surface area (Å²) < 4.78 is 5.36. The third-order valence-electron chi connectivity index (χ3n) is 3.64. The molecule has 88 valence electrons. The lowest BCUT2D eigenvalue weighted by Crippen LogP contribution is -2.01. The van der Waals surface area contributed by atoms with E-state index >= 15 is 0 Å². The molecule has 3 rings (SSSR count). The lowest BCUT2D eigenvalue weighted by Gasteiger charge is -2.08. The third-order valence-corrected chi connectivity index (χ3v) is 3.64. The molecule has 0 bridgehead atoms. The summed E-state index contributed by atoms with van der Waals surface area (Å²) in [5, 5.41) is 10.3. The molecule has 1 N–H and O–H groups in total. The minimum absolute atomic E-state index is 0.308. The number of aryl methyl sites for hydroxylation is 1. The Morgan fingerprint density at radius 1 is 1.24 bits per heavy atom. The van der Waals surface area contributed by atoms with Gasteiger partial charge in [0.25, 0.3) is 0 Å². The highest BCUT2D eigenvalue weighted by atomic mass is 16.4. The molecular formula is C15H16O2. The van der Waals surface area contributed by atoms with E-state index in [-0.39, 0.29) is 0 Å². The molecule has 2 aromatic rings. The second-order valence-corrected chi connectivity index (χ2v) is 4.83. The van der Waals surface area contributed by atoms with Gasteiger partial charge in [-0.05, 0) is 42.4 Å². The highest BCUT2D eigenvalue weighted by molar-refractivity contribution is 5.29. The molecule has 1 heterocycles. The molecule has 0 radical (unpaired) electrons. The largest absolute Gasteiger partial charge is 0.466 e. The number of benzene rings is 1. The second kappa shape index (κ2) is 4.04. The van der Waals surface area contributed by atoms with Gasteiger partial charge in [-0.25, -0.2) is 0 Å². The molecule has 1 saturated carbocycles. The van der Waals surface area contributed by atoms with Crippen LogP contribution >= 0.6 is 0 Å². The van der Waals surface area contributed by atoms with E-state index in [1.165, 1.54) is 5.56 Å². The molecule has 0 amide bonds. The van der Waals surface area contributed by atoms with Crippen LogP contribution in [-0.2, 0) is 0 Å². The zero-order valence-corrected chi connectivity index (χ0v) is 9.84. The number of furan rings is 1. The van der Waals surface area contributed by atoms with Crippen molar-refractivity contribution in [1.82, 2.24) is 0 Å². The van der Waals surface area contributed by atoms with Gasteiger partial charge < -0.3 is 9.52 Å². The molecule has 1 aliphatic carbocycles. The van der Waals surface area contributed by atoms with E-state index in [1.54, 1.807) is 6.26 Å². The van der Waals surface area contributed by atoms with E-state index < -0.39 is 6.10 Å². The molecule has 3 unspecified atom stereocenters. The highest BCUT2D eigenvalue weighted by Gasteiger charge is 2.45. The van der Waals surface area contributed by atoms with E-state index in [0.717, 1.165) is 17.7 Å². The summed E-state index contributed by atoms with van der Waals surface area (Å²) in [5.74, 6) is 1.52. The smallest absolute Gasteiger partial charge is 0.135 e. The molecule has 2 nitrogen and oxygen atoms in total. The molecule has 2 heteroatoms. The van der Waals surface area contributed by atoms with Gasteiger partial charge in [0, 0.05) is 0 Å². The summed E-state index contributed by atoms with van der Waals surface area (Å²) in [6, 6.07) is 12.3. The van der Waals surface area contributed by atoms with Gasteiger partial charge in [0.1, 0.15) is 11.9 Å². The minimum Gasteiger partial charge on any atom is -0.466 e. The zero-order valence-electron chi connectivity index (χ0n) is 9.84. The maximum Gasteiger partial charge on any atom is 0.135 e. The van der Waals surface area contributed by atoms with E-state index in [4.69, 9.17) is 4.42 Å². The monoisotopic (exact) mass is 228 g/mol. The highest BCUT2D eigenvalue weighted by Crippen LogP contribution is 2.54. The van der Waals surface area contributed by atoms with Crippen molar-refractivity contribution in [3.63, 3.8) is 0 Å². The maximum atomic E-state index is 10.3. The summed E-state index contributed by atoms with van der Waals surface area (Å²) in [7, 11) is 0. The van der Waals surface area contributed by atoms with Gasteiger partial charge in [0.2, 0.25) is 0 Å². The number of hydrogen-bond acceptors (Lipinski definition) is 2. The topological polar surface area (TPSA) is 33.4 Å². The van der Waals surface area contributed by atoms with Gasteiger partial charge >= 0.3 is 0 Å². The van der Waals surface area contributed by atoms with Gasteiger partial charge in [-0.2, -0.15) is 0 Å². The van der Waals surface area contributed by atoms with Crippen molar-refractivity contribution in [2.75, 3.05) is 0 Å². The standard InChI is InChI=1S/C15H16O2/c1-10-7-8-17-15(10)14(16)13-9-12(13)11-5-3-2-4-6-11/h2-8,12-14,16H,9H2,1H3. The van der Waals surface area contributed by atoms with Gasteiger partial charge in [-0.3, -0.25) is 0 Å². The minimum atomic E-state index is -0.463. The van der Waals surface area contributed by atoms with Crippen molar-refractivity contribution in [2.24, 2.45) is 5.92 Å². The normalized spacial score (nSPS) is 24.6. The van der Waals surface area contributed by atoms with Crippen molar-refractivity contribution in [2.45, 2.75) is 25.4 Å². The van der Waals surface area contributed by atoms with Crippen LogP contribution in [0.5, 0.6) is 0 Å². The fourth-order valence-electron chi connectivity index (χ4n) is 2.53. The average Bonchev–Trinajstić information content (AvgIpc) is 3.05. The summed E-state index contributed by atoms with van der Waals surface area (Å²) in [6.07, 6.45) is 2.23. The van der Waals surface area contributed by atoms with Crippen molar-refractivity contribution in [3.05, 3.63) is 59.5 Å². The Morgan fingerprint density at radius 2 is 2.00 bits per heavy atom. The van der Waals surface area contributed by atoms with E-state index in [0.29, 0.717) is 11.8 Å². The molecule has 0 spiro atoms. The third kappa shape index (κ3) is 1.89. The van der Waals surface area contributed by atoms with E-state index in [1.807, 2.05) is 19.1 Å². The molecule has 1 aromatic carbocycles. The van der Waals surface area contributed by atoms with Gasteiger partial charge in [-0.15, -0.1) is 0 Å². The first-order valence-corrected chi connectivity index (χ1v) is 6.04. The van der Waals surface area contributed by atoms with Crippen LogP contribution in [0.3, 0.4) is 0 Å². The number of rotatable bonds is 3. The Kier molecular flexibility index (Phi) is 2.52. The predicted molar refractivity (Wildman–Crippen MR) is 65.7 cm³/mol. The quantitative estimate of drug-likeness (QED) is 0.873. The fraction of sp³-hybridized carbons (Fsp3) is 0.333. The Morgan fingerprint density at radius 3 is 2.65 bits per heavy atom. The van der Waals surface area contributed by atoms with E-state index in [2.05, 4.69) is 24.3 Å². The molecule has 17 heavy (non-hydrogen) atoms. The molecular weight excluding hydrogens is 212 g/mol. The van der Waals surface area contributed by atoms with Gasteiger partial charge in [0.15, 0.2) is 0 Å². The van der Waals surface area contributed by atoms with Crippen LogP contribution in [0.1, 0.15) is 35.3 Å². The fourth-order valence-corrected chi connectivity index (χ4v) is 2.53. The van der Waals surface area contributed by atoms with Gasteiger partial charge in [-0.1, -0.05) is 30.3 Å². The van der Waals surface area contributed by atoms with Crippen molar-refractivity contribution >= 4 is 0 Å². The van der Waals surface area contributed by atoms with Crippen LogP contribution in [0.4, 0.5) is 0 Å². The lowest BCUT2D eigenvalue weighted by molar-refractivity contribution is 0.124. The van der Waals surface area contributed by atoms with Crippen LogP contribution in [0.2, 0.25) is 0 Å². The second-order valence-electron chi connectivity index (χ2n) is 4.83. The number of hydrogen-bond donors (Lipinski definition) is 1. The Bertz CT molecular complexity index is 501. The van der Waals surface area contributed by atoms with Crippen molar-refractivity contribution in [1.29, 1.82) is 0 Å². The number of aliphatic hydroxyl groups excluding tert-OH is 1. The summed E-state index contributed by atoms with van der Waals surface area (Å²) >= 11 is 0. The van der Waals surface area contributed by atoms with Crippen molar-refractivity contribution < 1.29 is 9.52 Å². The summed E-state index contributed by atoms with van der Waals surface area (Å²) in [5.41, 5.74) is 2.36. The first kappa shape index (κ1) is 10.6. The summed E-state index contributed by atoms with van der Waals surface area (Å²) in [6.45, 7) is 1.97. The first-order chi connectivity index (χ1) is 8.27. The van der Waals surface area contributed by atoms with Crippen molar-refractivity contribution in [3.8, 4) is 0 Å². The lowest BCUT2D eigenvalue weighted by atomic mass is 10.0.